The van der Waals surface area contributed by atoms with Crippen LogP contribution >= 0.6 is 23.2 Å². The number of aromatic nitrogens is 3. The first kappa shape index (κ1) is 14.6. The van der Waals surface area contributed by atoms with Crippen molar-refractivity contribution in [2.45, 2.75) is 6.42 Å². The summed E-state index contributed by atoms with van der Waals surface area (Å²) in [6, 6.07) is 2.98. The van der Waals surface area contributed by atoms with Crippen LogP contribution in [0.25, 0.3) is 0 Å². The van der Waals surface area contributed by atoms with Gasteiger partial charge in [0.2, 0.25) is 0 Å². The molecule has 2 rings (SSSR count). The Hall–Kier alpha value is -1.79. The third kappa shape index (κ3) is 3.20. The maximum absolute atomic E-state index is 12.0. The normalized spacial score (nSPS) is 10.6. The van der Waals surface area contributed by atoms with Crippen LogP contribution in [0, 0.1) is 0 Å². The van der Waals surface area contributed by atoms with Crippen molar-refractivity contribution in [1.82, 2.24) is 20.1 Å². The number of halogens is 2. The van der Waals surface area contributed by atoms with Gasteiger partial charge in [0.15, 0.2) is 0 Å². The first-order valence-corrected chi connectivity index (χ1v) is 6.60. The molecular formula is C12H13Cl2N5O. The molecule has 0 bridgehead atoms. The maximum Gasteiger partial charge on any atom is 0.251 e. The van der Waals surface area contributed by atoms with Gasteiger partial charge in [0, 0.05) is 25.6 Å². The Balaban J connectivity index is 1.97. The van der Waals surface area contributed by atoms with Crippen molar-refractivity contribution in [3.8, 4) is 0 Å². The lowest BCUT2D eigenvalue weighted by atomic mass is 10.2. The van der Waals surface area contributed by atoms with Crippen molar-refractivity contribution in [2.24, 2.45) is 7.05 Å². The van der Waals surface area contributed by atoms with Gasteiger partial charge >= 0.3 is 0 Å². The monoisotopic (exact) mass is 313 g/mol. The van der Waals surface area contributed by atoms with Crippen molar-refractivity contribution >= 4 is 34.8 Å². The van der Waals surface area contributed by atoms with Crippen molar-refractivity contribution in [2.75, 3.05) is 12.3 Å². The molecule has 0 aliphatic carbocycles. The van der Waals surface area contributed by atoms with Crippen LogP contribution < -0.4 is 11.1 Å². The Morgan fingerprint density at radius 3 is 2.80 bits per heavy atom. The molecule has 6 nitrogen and oxygen atoms in total. The fourth-order valence-electron chi connectivity index (χ4n) is 1.66. The second kappa shape index (κ2) is 6.11. The highest BCUT2D eigenvalue weighted by molar-refractivity contribution is 6.43. The molecule has 1 amide bonds. The fraction of sp³-hybridized carbons (Fsp3) is 0.250. The molecule has 0 unspecified atom stereocenters. The van der Waals surface area contributed by atoms with E-state index in [1.165, 1.54) is 12.1 Å². The quantitative estimate of drug-likeness (QED) is 0.841. The third-order valence-corrected chi connectivity index (χ3v) is 3.57. The molecule has 8 heteroatoms. The highest BCUT2D eigenvalue weighted by atomic mass is 35.5. The zero-order valence-electron chi connectivity index (χ0n) is 10.7. The molecule has 1 heterocycles. The highest BCUT2D eigenvalue weighted by Gasteiger charge is 2.11. The SMILES string of the molecule is Cn1cnnc1CCNC(=O)c1cc(N)c(Cl)c(Cl)c1. The Morgan fingerprint density at radius 1 is 1.45 bits per heavy atom. The molecule has 0 saturated carbocycles. The number of benzene rings is 1. The predicted octanol–water partition coefficient (Wildman–Crippen LogP) is 1.68. The molecule has 20 heavy (non-hydrogen) atoms. The summed E-state index contributed by atoms with van der Waals surface area (Å²) in [6.07, 6.45) is 2.19. The van der Waals surface area contributed by atoms with E-state index in [4.69, 9.17) is 28.9 Å². The predicted molar refractivity (Wildman–Crippen MR) is 77.9 cm³/mol. The molecule has 1 aromatic carbocycles. The first-order valence-electron chi connectivity index (χ1n) is 5.84. The number of aryl methyl sites for hydroxylation is 1. The Morgan fingerprint density at radius 2 is 2.20 bits per heavy atom. The molecule has 0 spiro atoms. The molecule has 2 aromatic rings. The van der Waals surface area contributed by atoms with Crippen molar-refractivity contribution in [1.29, 1.82) is 0 Å². The summed E-state index contributed by atoms with van der Waals surface area (Å²) in [5.41, 5.74) is 6.31. The number of carbonyl (C=O) groups is 1. The number of nitrogens with one attached hydrogen (secondary N) is 1. The number of hydrogen-bond acceptors (Lipinski definition) is 4. The maximum atomic E-state index is 12.0. The minimum Gasteiger partial charge on any atom is -0.397 e. The smallest absolute Gasteiger partial charge is 0.251 e. The van der Waals surface area contributed by atoms with Gasteiger partial charge in [-0.25, -0.2) is 0 Å². The van der Waals surface area contributed by atoms with Crippen LogP contribution in [-0.2, 0) is 13.5 Å². The number of nitrogens with zero attached hydrogens (tertiary/aromatic N) is 3. The molecule has 0 aliphatic rings. The van der Waals surface area contributed by atoms with Crippen molar-refractivity contribution in [3.63, 3.8) is 0 Å². The zero-order chi connectivity index (χ0) is 14.7. The molecule has 0 fully saturated rings. The Bertz CT molecular complexity index is 618. The first-order chi connectivity index (χ1) is 9.49. The second-order valence-corrected chi connectivity index (χ2v) is 5.01. The molecule has 0 atom stereocenters. The number of anilines is 1. The minimum absolute atomic E-state index is 0.252. The van der Waals surface area contributed by atoms with E-state index in [1.807, 2.05) is 7.05 Å². The standard InChI is InChI=1S/C12H13Cl2N5O/c1-19-6-17-18-10(19)2-3-16-12(20)7-4-8(13)11(14)9(15)5-7/h4-6H,2-3,15H2,1H3,(H,16,20). The lowest BCUT2D eigenvalue weighted by Gasteiger charge is -2.07. The summed E-state index contributed by atoms with van der Waals surface area (Å²) < 4.78 is 1.79. The van der Waals surface area contributed by atoms with Gasteiger partial charge in [-0.15, -0.1) is 10.2 Å². The topological polar surface area (TPSA) is 85.8 Å². The van der Waals surface area contributed by atoms with Gasteiger partial charge in [-0.2, -0.15) is 0 Å². The van der Waals surface area contributed by atoms with Crippen LogP contribution in [-0.4, -0.2) is 27.2 Å². The number of rotatable bonds is 4. The van der Waals surface area contributed by atoms with E-state index in [9.17, 15) is 4.79 Å². The zero-order valence-corrected chi connectivity index (χ0v) is 12.2. The summed E-state index contributed by atoms with van der Waals surface area (Å²) in [5.74, 6) is 0.524. The number of carbonyl (C=O) groups excluding carboxylic acids is 1. The molecule has 3 N–H and O–H groups in total. The average molecular weight is 314 g/mol. The molecule has 0 radical (unpaired) electrons. The van der Waals surface area contributed by atoms with Crippen LogP contribution in [0.3, 0.4) is 0 Å². The Labute approximate surface area is 125 Å². The van der Waals surface area contributed by atoms with Gasteiger partial charge in [0.25, 0.3) is 5.91 Å². The largest absolute Gasteiger partial charge is 0.397 e. The third-order valence-electron chi connectivity index (χ3n) is 2.76. The molecule has 106 valence electrons. The highest BCUT2D eigenvalue weighted by Crippen LogP contribution is 2.29. The lowest BCUT2D eigenvalue weighted by Crippen LogP contribution is -2.26. The van der Waals surface area contributed by atoms with Crippen LogP contribution in [0.1, 0.15) is 16.2 Å². The number of nitrogens with two attached hydrogens (primary N) is 1. The number of nitrogen functional groups attached to an aromatic ring is 1. The summed E-state index contributed by atoms with van der Waals surface area (Å²) >= 11 is 11.7. The van der Waals surface area contributed by atoms with Crippen LogP contribution in [0.4, 0.5) is 5.69 Å². The van der Waals surface area contributed by atoms with E-state index in [2.05, 4.69) is 15.5 Å². The van der Waals surface area contributed by atoms with E-state index in [0.717, 1.165) is 5.82 Å². The molecule has 0 saturated heterocycles. The van der Waals surface area contributed by atoms with E-state index < -0.39 is 0 Å². The van der Waals surface area contributed by atoms with E-state index in [1.54, 1.807) is 10.9 Å². The van der Waals surface area contributed by atoms with Crippen molar-refractivity contribution < 1.29 is 4.79 Å². The van der Waals surface area contributed by atoms with E-state index in [0.29, 0.717) is 18.5 Å². The summed E-state index contributed by atoms with van der Waals surface area (Å²) in [7, 11) is 1.84. The molecular weight excluding hydrogens is 301 g/mol. The van der Waals surface area contributed by atoms with Crippen LogP contribution in [0.15, 0.2) is 18.5 Å². The lowest BCUT2D eigenvalue weighted by molar-refractivity contribution is 0.0954. The Kier molecular flexibility index (Phi) is 4.46. The van der Waals surface area contributed by atoms with Gasteiger partial charge in [-0.1, -0.05) is 23.2 Å². The fourth-order valence-corrected chi connectivity index (χ4v) is 2.00. The summed E-state index contributed by atoms with van der Waals surface area (Å²) in [4.78, 5) is 12.0. The van der Waals surface area contributed by atoms with E-state index in [-0.39, 0.29) is 21.6 Å². The van der Waals surface area contributed by atoms with Crippen LogP contribution in [0.5, 0.6) is 0 Å². The summed E-state index contributed by atoms with van der Waals surface area (Å²) in [5, 5.41) is 11.0. The van der Waals surface area contributed by atoms with Gasteiger partial charge < -0.3 is 15.6 Å². The number of hydrogen-bond donors (Lipinski definition) is 2. The minimum atomic E-state index is -0.266. The summed E-state index contributed by atoms with van der Waals surface area (Å²) in [6.45, 7) is 0.436. The van der Waals surface area contributed by atoms with Crippen LogP contribution in [0.2, 0.25) is 10.0 Å². The van der Waals surface area contributed by atoms with Gasteiger partial charge in [0.1, 0.15) is 12.2 Å². The second-order valence-electron chi connectivity index (χ2n) is 4.23. The number of amides is 1. The van der Waals surface area contributed by atoms with Gasteiger partial charge in [0.05, 0.1) is 15.7 Å². The molecule has 0 aliphatic heterocycles. The van der Waals surface area contributed by atoms with Gasteiger partial charge in [-0.05, 0) is 12.1 Å². The van der Waals surface area contributed by atoms with Gasteiger partial charge in [-0.3, -0.25) is 4.79 Å². The average Bonchev–Trinajstić information content (AvgIpc) is 2.81. The van der Waals surface area contributed by atoms with Crippen molar-refractivity contribution in [3.05, 3.63) is 39.9 Å². The van der Waals surface area contributed by atoms with E-state index >= 15 is 0 Å². The molecule has 1 aromatic heterocycles.